The molecule has 0 fully saturated rings. The summed E-state index contributed by atoms with van der Waals surface area (Å²) in [5.74, 6) is 0.225. The van der Waals surface area contributed by atoms with E-state index in [1.54, 1.807) is 4.90 Å². The molecule has 0 aliphatic heterocycles. The zero-order valence-corrected chi connectivity index (χ0v) is 12.7. The van der Waals surface area contributed by atoms with Gasteiger partial charge in [-0.3, -0.25) is 4.79 Å². The van der Waals surface area contributed by atoms with Gasteiger partial charge < -0.3 is 10.6 Å². The molecule has 0 radical (unpaired) electrons. The van der Waals surface area contributed by atoms with Gasteiger partial charge in [-0.25, -0.2) is 0 Å². The summed E-state index contributed by atoms with van der Waals surface area (Å²) >= 11 is 0. The minimum Gasteiger partial charge on any atom is -0.338 e. The van der Waals surface area contributed by atoms with Gasteiger partial charge in [-0.2, -0.15) is 0 Å². The van der Waals surface area contributed by atoms with E-state index >= 15 is 0 Å². The minimum absolute atomic E-state index is 0.0161. The fourth-order valence-electron chi connectivity index (χ4n) is 1.99. The Balaban J connectivity index is 2.79. The van der Waals surface area contributed by atoms with Gasteiger partial charge in [-0.1, -0.05) is 50.1 Å². The first-order valence-corrected chi connectivity index (χ1v) is 6.97. The Morgan fingerprint density at radius 2 is 1.79 bits per heavy atom. The van der Waals surface area contributed by atoms with Gasteiger partial charge in [-0.05, 0) is 25.3 Å². The molecule has 3 atom stereocenters. The van der Waals surface area contributed by atoms with Crippen LogP contribution in [0.3, 0.4) is 0 Å². The second kappa shape index (κ2) is 6.71. The average Bonchev–Trinajstić information content (AvgIpc) is 2.44. The molecule has 3 heteroatoms. The van der Waals surface area contributed by atoms with Crippen LogP contribution in [0.2, 0.25) is 0 Å². The maximum Gasteiger partial charge on any atom is 0.240 e. The molecule has 1 aromatic rings. The van der Waals surface area contributed by atoms with Crippen LogP contribution in [0.5, 0.6) is 0 Å². The van der Waals surface area contributed by atoms with Crippen molar-refractivity contribution >= 4 is 5.91 Å². The second-order valence-corrected chi connectivity index (χ2v) is 5.45. The number of likely N-dealkylation sites (N-methyl/N-ethyl adjacent to an activating group) is 1. The van der Waals surface area contributed by atoms with Gasteiger partial charge in [0.25, 0.3) is 0 Å². The van der Waals surface area contributed by atoms with Gasteiger partial charge in [0, 0.05) is 7.05 Å². The molecule has 2 N–H and O–H groups in total. The molecule has 19 heavy (non-hydrogen) atoms. The predicted molar refractivity (Wildman–Crippen MR) is 79.8 cm³/mol. The predicted octanol–water partition coefficient (Wildman–Crippen LogP) is 2.89. The first kappa shape index (κ1) is 15.7. The molecule has 0 saturated carbocycles. The summed E-state index contributed by atoms with van der Waals surface area (Å²) in [4.78, 5) is 14.1. The van der Waals surface area contributed by atoms with Crippen molar-refractivity contribution in [3.05, 3.63) is 35.4 Å². The summed E-state index contributed by atoms with van der Waals surface area (Å²) in [6.07, 6.45) is 0.916. The van der Waals surface area contributed by atoms with E-state index < -0.39 is 6.04 Å². The molecular weight excluding hydrogens is 236 g/mol. The first-order valence-electron chi connectivity index (χ1n) is 6.97. The largest absolute Gasteiger partial charge is 0.338 e. The Hall–Kier alpha value is -1.35. The lowest BCUT2D eigenvalue weighted by Crippen LogP contribution is -2.46. The number of carbonyl (C=O) groups is 1. The summed E-state index contributed by atoms with van der Waals surface area (Å²) in [7, 11) is 1.83. The molecule has 1 rings (SSSR count). The lowest BCUT2D eigenvalue weighted by atomic mass is 9.97. The van der Waals surface area contributed by atoms with Crippen LogP contribution in [-0.2, 0) is 4.79 Å². The highest BCUT2D eigenvalue weighted by Crippen LogP contribution is 2.21. The molecule has 0 aliphatic rings. The third-order valence-corrected chi connectivity index (χ3v) is 4.03. The Labute approximate surface area is 116 Å². The van der Waals surface area contributed by atoms with Crippen LogP contribution in [0.25, 0.3) is 0 Å². The number of nitrogens with two attached hydrogens (primary N) is 1. The number of nitrogens with zero attached hydrogens (tertiary/aromatic N) is 1. The molecule has 1 aromatic carbocycles. The number of benzene rings is 1. The molecule has 2 unspecified atom stereocenters. The highest BCUT2D eigenvalue weighted by molar-refractivity contribution is 5.82. The van der Waals surface area contributed by atoms with E-state index in [1.807, 2.05) is 20.9 Å². The summed E-state index contributed by atoms with van der Waals surface area (Å²) in [6.45, 7) is 8.17. The van der Waals surface area contributed by atoms with Gasteiger partial charge in [0.15, 0.2) is 0 Å². The summed E-state index contributed by atoms with van der Waals surface area (Å²) in [5.41, 5.74) is 8.38. The third kappa shape index (κ3) is 3.80. The molecule has 3 nitrogen and oxygen atoms in total. The lowest BCUT2D eigenvalue weighted by Gasteiger charge is -2.30. The maximum absolute atomic E-state index is 12.3. The number of amides is 1. The molecule has 0 saturated heterocycles. The fourth-order valence-corrected chi connectivity index (χ4v) is 1.99. The number of rotatable bonds is 5. The van der Waals surface area contributed by atoms with Gasteiger partial charge in [0.2, 0.25) is 5.91 Å². The second-order valence-electron chi connectivity index (χ2n) is 5.45. The molecule has 1 amide bonds. The van der Waals surface area contributed by atoms with Crippen LogP contribution in [0.15, 0.2) is 24.3 Å². The lowest BCUT2D eigenvalue weighted by molar-refractivity contribution is -0.134. The van der Waals surface area contributed by atoms with Gasteiger partial charge in [-0.15, -0.1) is 0 Å². The standard InChI is InChI=1S/C16H26N2O/c1-6-12(3)15(17)16(19)18(5)13(4)14-9-7-11(2)8-10-14/h7-10,12-13,15H,6,17H2,1-5H3/t12?,13?,15-/m0/s1. The number of hydrogen-bond acceptors (Lipinski definition) is 2. The molecular formula is C16H26N2O. The van der Waals surface area contributed by atoms with E-state index in [-0.39, 0.29) is 17.9 Å². The number of carbonyl (C=O) groups excluding carboxylic acids is 1. The van der Waals surface area contributed by atoms with Crippen molar-refractivity contribution < 1.29 is 4.79 Å². The van der Waals surface area contributed by atoms with Gasteiger partial charge in [0.1, 0.15) is 0 Å². The van der Waals surface area contributed by atoms with E-state index in [2.05, 4.69) is 38.1 Å². The van der Waals surface area contributed by atoms with Crippen LogP contribution in [0, 0.1) is 12.8 Å². The van der Waals surface area contributed by atoms with Crippen LogP contribution in [-0.4, -0.2) is 23.9 Å². The van der Waals surface area contributed by atoms with Gasteiger partial charge in [0.05, 0.1) is 12.1 Å². The summed E-state index contributed by atoms with van der Waals surface area (Å²) in [5, 5.41) is 0. The normalized spacial score (nSPS) is 15.7. The van der Waals surface area contributed by atoms with Crippen LogP contribution >= 0.6 is 0 Å². The Kier molecular flexibility index (Phi) is 5.55. The SMILES string of the molecule is CCC(C)[C@H](N)C(=O)N(C)C(C)c1ccc(C)cc1. The molecule has 0 heterocycles. The van der Waals surface area contributed by atoms with Crippen LogP contribution in [0.1, 0.15) is 44.4 Å². The number of aryl methyl sites for hydroxylation is 1. The van der Waals surface area contributed by atoms with Crippen LogP contribution < -0.4 is 5.73 Å². The first-order chi connectivity index (χ1) is 8.88. The Morgan fingerprint density at radius 1 is 1.26 bits per heavy atom. The monoisotopic (exact) mass is 262 g/mol. The topological polar surface area (TPSA) is 46.3 Å². The summed E-state index contributed by atoms with van der Waals surface area (Å²) < 4.78 is 0. The fraction of sp³-hybridized carbons (Fsp3) is 0.562. The van der Waals surface area contributed by atoms with E-state index in [1.165, 1.54) is 5.56 Å². The molecule has 0 aromatic heterocycles. The zero-order valence-electron chi connectivity index (χ0n) is 12.7. The van der Waals surface area contributed by atoms with Gasteiger partial charge >= 0.3 is 0 Å². The highest BCUT2D eigenvalue weighted by Gasteiger charge is 2.26. The van der Waals surface area contributed by atoms with Crippen molar-refractivity contribution in [1.29, 1.82) is 0 Å². The average molecular weight is 262 g/mol. The molecule has 0 spiro atoms. The van der Waals surface area contributed by atoms with Crippen molar-refractivity contribution in [1.82, 2.24) is 4.90 Å². The highest BCUT2D eigenvalue weighted by atomic mass is 16.2. The summed E-state index contributed by atoms with van der Waals surface area (Å²) in [6, 6.07) is 7.90. The molecule has 0 aliphatic carbocycles. The maximum atomic E-state index is 12.3. The van der Waals surface area contributed by atoms with E-state index in [0.29, 0.717) is 0 Å². The third-order valence-electron chi connectivity index (χ3n) is 4.03. The van der Waals surface area contributed by atoms with E-state index in [9.17, 15) is 4.79 Å². The molecule has 0 bridgehead atoms. The zero-order chi connectivity index (χ0) is 14.6. The minimum atomic E-state index is -0.414. The van der Waals surface area contributed by atoms with E-state index in [0.717, 1.165) is 12.0 Å². The van der Waals surface area contributed by atoms with Crippen molar-refractivity contribution in [2.45, 2.75) is 46.2 Å². The van der Waals surface area contributed by atoms with Crippen LogP contribution in [0.4, 0.5) is 0 Å². The quantitative estimate of drug-likeness (QED) is 0.887. The Bertz CT molecular complexity index is 413. The molecule has 106 valence electrons. The Morgan fingerprint density at radius 3 is 2.26 bits per heavy atom. The number of hydrogen-bond donors (Lipinski definition) is 1. The smallest absolute Gasteiger partial charge is 0.240 e. The van der Waals surface area contributed by atoms with Crippen molar-refractivity contribution in [2.75, 3.05) is 7.05 Å². The van der Waals surface area contributed by atoms with Crippen molar-refractivity contribution in [2.24, 2.45) is 11.7 Å². The van der Waals surface area contributed by atoms with Crippen molar-refractivity contribution in [3.8, 4) is 0 Å². The van der Waals surface area contributed by atoms with Crippen molar-refractivity contribution in [3.63, 3.8) is 0 Å². The van der Waals surface area contributed by atoms with E-state index in [4.69, 9.17) is 5.73 Å².